The summed E-state index contributed by atoms with van der Waals surface area (Å²) >= 11 is 0. The van der Waals surface area contributed by atoms with Crippen molar-refractivity contribution < 1.29 is 14.3 Å². The molecule has 5 nitrogen and oxygen atoms in total. The Kier molecular flexibility index (Phi) is 2.94. The van der Waals surface area contributed by atoms with Crippen LogP contribution < -0.4 is 0 Å². The first-order chi connectivity index (χ1) is 6.49. The molecule has 0 fully saturated rings. The van der Waals surface area contributed by atoms with Gasteiger partial charge in [0.05, 0.1) is 0 Å². The molecule has 1 aliphatic rings. The van der Waals surface area contributed by atoms with Gasteiger partial charge >= 0.3 is 0 Å². The molecule has 5 heteroatoms. The molecule has 1 heterocycles. The second kappa shape index (κ2) is 3.68. The summed E-state index contributed by atoms with van der Waals surface area (Å²) in [5, 5.41) is 3.06. The first-order valence-corrected chi connectivity index (χ1v) is 4.30. The second-order valence-corrected chi connectivity index (χ2v) is 3.31. The molecule has 0 N–H and O–H groups in total. The number of hydrogen-bond donors (Lipinski definition) is 0. The number of carbonyl (C=O) groups is 1. The van der Waals surface area contributed by atoms with Crippen molar-refractivity contribution in [1.82, 2.24) is 10.0 Å². The summed E-state index contributed by atoms with van der Waals surface area (Å²) in [5.41, 5.74) is 0.737. The number of ether oxygens (including phenoxy) is 2. The number of rotatable bonds is 3. The lowest BCUT2D eigenvalue weighted by Crippen LogP contribution is -2.56. The number of hydrogen-bond acceptors (Lipinski definition) is 4. The van der Waals surface area contributed by atoms with Crippen LogP contribution in [0, 0.1) is 0 Å². The van der Waals surface area contributed by atoms with Gasteiger partial charge in [-0.1, -0.05) is 0 Å². The van der Waals surface area contributed by atoms with Crippen molar-refractivity contribution in [3.63, 3.8) is 0 Å². The molecular formula is C9H16N2O3. The van der Waals surface area contributed by atoms with E-state index in [1.807, 2.05) is 0 Å². The van der Waals surface area contributed by atoms with Gasteiger partial charge in [-0.2, -0.15) is 0 Å². The van der Waals surface area contributed by atoms with Crippen LogP contribution in [0.3, 0.4) is 0 Å². The van der Waals surface area contributed by atoms with Gasteiger partial charge in [-0.05, 0) is 6.92 Å². The van der Waals surface area contributed by atoms with Gasteiger partial charge < -0.3 is 9.47 Å². The van der Waals surface area contributed by atoms with Crippen LogP contribution in [0.4, 0.5) is 0 Å². The van der Waals surface area contributed by atoms with Gasteiger partial charge in [0.2, 0.25) is 0 Å². The molecule has 0 aromatic carbocycles. The highest BCUT2D eigenvalue weighted by Gasteiger charge is 2.48. The van der Waals surface area contributed by atoms with E-state index in [4.69, 9.17) is 9.47 Å². The standard InChI is InChI=1S/C9H16N2O3/c1-7-6-8(12)11(10(2)3)9(7,13-4)14-5/h6H,1-5H3. The maximum Gasteiger partial charge on any atom is 0.292 e. The van der Waals surface area contributed by atoms with Gasteiger partial charge in [-0.15, -0.1) is 0 Å². The average molecular weight is 200 g/mol. The highest BCUT2D eigenvalue weighted by Crippen LogP contribution is 2.32. The fourth-order valence-electron chi connectivity index (χ4n) is 1.69. The third kappa shape index (κ3) is 1.33. The predicted octanol–water partition coefficient (Wildman–Crippen LogP) is 0.198. The summed E-state index contributed by atoms with van der Waals surface area (Å²) in [4.78, 5) is 11.6. The van der Waals surface area contributed by atoms with Gasteiger partial charge in [0.25, 0.3) is 11.8 Å². The predicted molar refractivity (Wildman–Crippen MR) is 51.0 cm³/mol. The Morgan fingerprint density at radius 2 is 1.86 bits per heavy atom. The Morgan fingerprint density at radius 1 is 1.36 bits per heavy atom. The zero-order valence-electron chi connectivity index (χ0n) is 9.20. The minimum absolute atomic E-state index is 0.142. The van der Waals surface area contributed by atoms with Gasteiger partial charge in [0.15, 0.2) is 0 Å². The number of carbonyl (C=O) groups excluding carboxylic acids is 1. The molecule has 0 aromatic rings. The molecule has 1 aliphatic heterocycles. The van der Waals surface area contributed by atoms with E-state index in [1.165, 1.54) is 25.3 Å². The maximum absolute atomic E-state index is 11.6. The van der Waals surface area contributed by atoms with Crippen LogP contribution in [-0.4, -0.2) is 50.2 Å². The smallest absolute Gasteiger partial charge is 0.292 e. The number of nitrogens with zero attached hydrogens (tertiary/aromatic N) is 2. The fourth-order valence-corrected chi connectivity index (χ4v) is 1.69. The van der Waals surface area contributed by atoms with Crippen LogP contribution in [0.5, 0.6) is 0 Å². The van der Waals surface area contributed by atoms with Crippen LogP contribution in [0.25, 0.3) is 0 Å². The van der Waals surface area contributed by atoms with Crippen molar-refractivity contribution in [2.24, 2.45) is 0 Å². The van der Waals surface area contributed by atoms with Crippen LogP contribution >= 0.6 is 0 Å². The first-order valence-electron chi connectivity index (χ1n) is 4.30. The van der Waals surface area contributed by atoms with E-state index in [2.05, 4.69) is 0 Å². The Hall–Kier alpha value is -0.910. The molecule has 1 amide bonds. The summed E-state index contributed by atoms with van der Waals surface area (Å²) in [5.74, 6) is -1.23. The van der Waals surface area contributed by atoms with E-state index >= 15 is 0 Å². The molecule has 0 unspecified atom stereocenters. The summed E-state index contributed by atoms with van der Waals surface area (Å²) < 4.78 is 10.6. The van der Waals surface area contributed by atoms with Crippen LogP contribution in [-0.2, 0) is 14.3 Å². The molecule has 0 radical (unpaired) electrons. The van der Waals surface area contributed by atoms with Crippen LogP contribution in [0.15, 0.2) is 11.6 Å². The van der Waals surface area contributed by atoms with Crippen molar-refractivity contribution in [2.75, 3.05) is 28.3 Å². The lowest BCUT2D eigenvalue weighted by molar-refractivity contribution is -0.296. The third-order valence-electron chi connectivity index (χ3n) is 2.28. The zero-order chi connectivity index (χ0) is 10.9. The molecule has 0 aliphatic carbocycles. The van der Waals surface area contributed by atoms with E-state index in [-0.39, 0.29) is 5.91 Å². The second-order valence-electron chi connectivity index (χ2n) is 3.31. The molecular weight excluding hydrogens is 184 g/mol. The summed E-state index contributed by atoms with van der Waals surface area (Å²) in [6, 6.07) is 0. The molecule has 0 atom stereocenters. The van der Waals surface area contributed by atoms with Crippen molar-refractivity contribution in [1.29, 1.82) is 0 Å². The van der Waals surface area contributed by atoms with Gasteiger partial charge in [0, 0.05) is 40.0 Å². The summed E-state index contributed by atoms with van der Waals surface area (Å²) in [6.45, 7) is 1.80. The van der Waals surface area contributed by atoms with E-state index in [1.54, 1.807) is 26.0 Å². The van der Waals surface area contributed by atoms with Crippen LogP contribution in [0.1, 0.15) is 6.92 Å². The molecule has 14 heavy (non-hydrogen) atoms. The first kappa shape index (κ1) is 11.2. The van der Waals surface area contributed by atoms with Crippen molar-refractivity contribution in [3.8, 4) is 0 Å². The highest BCUT2D eigenvalue weighted by molar-refractivity contribution is 5.91. The van der Waals surface area contributed by atoms with E-state index in [0.29, 0.717) is 0 Å². The van der Waals surface area contributed by atoms with Gasteiger partial charge in [-0.3, -0.25) is 4.79 Å². The third-order valence-corrected chi connectivity index (χ3v) is 2.28. The molecule has 0 spiro atoms. The van der Waals surface area contributed by atoms with Crippen LogP contribution in [0.2, 0.25) is 0 Å². The monoisotopic (exact) mass is 200 g/mol. The molecule has 0 saturated heterocycles. The Labute approximate surface area is 83.8 Å². The minimum atomic E-state index is -1.08. The fraction of sp³-hybridized carbons (Fsp3) is 0.667. The molecule has 80 valence electrons. The topological polar surface area (TPSA) is 42.0 Å². The quantitative estimate of drug-likeness (QED) is 0.610. The lowest BCUT2D eigenvalue weighted by atomic mass is 10.2. The highest BCUT2D eigenvalue weighted by atomic mass is 16.7. The lowest BCUT2D eigenvalue weighted by Gasteiger charge is -2.39. The van der Waals surface area contributed by atoms with Crippen molar-refractivity contribution in [3.05, 3.63) is 11.6 Å². The average Bonchev–Trinajstić information content (AvgIpc) is 2.37. The largest absolute Gasteiger partial charge is 0.331 e. The summed E-state index contributed by atoms with van der Waals surface area (Å²) in [7, 11) is 6.54. The minimum Gasteiger partial charge on any atom is -0.331 e. The van der Waals surface area contributed by atoms with Crippen molar-refractivity contribution in [2.45, 2.75) is 12.8 Å². The SMILES string of the molecule is COC1(OC)C(C)=CC(=O)N1N(C)C. The molecule has 0 aromatic heterocycles. The Morgan fingerprint density at radius 3 is 2.14 bits per heavy atom. The van der Waals surface area contributed by atoms with E-state index in [9.17, 15) is 4.79 Å². The summed E-state index contributed by atoms with van der Waals surface area (Å²) in [6.07, 6.45) is 1.51. The van der Waals surface area contributed by atoms with Gasteiger partial charge in [0.1, 0.15) is 0 Å². The zero-order valence-corrected chi connectivity index (χ0v) is 9.20. The van der Waals surface area contributed by atoms with E-state index in [0.717, 1.165) is 5.57 Å². The normalized spacial score (nSPS) is 20.6. The number of methoxy groups -OCH3 is 2. The molecule has 1 rings (SSSR count). The van der Waals surface area contributed by atoms with E-state index < -0.39 is 5.91 Å². The number of amides is 1. The molecule has 0 bridgehead atoms. The Bertz CT molecular complexity index is 269. The van der Waals surface area contributed by atoms with Crippen molar-refractivity contribution >= 4 is 5.91 Å². The Balaban J connectivity index is 3.12. The van der Waals surface area contributed by atoms with Gasteiger partial charge in [-0.25, -0.2) is 10.0 Å². The number of hydrazine groups is 1. The molecule has 0 saturated carbocycles. The maximum atomic E-state index is 11.6.